The number of para-hydroxylation sites is 1. The van der Waals surface area contributed by atoms with Gasteiger partial charge in [0.25, 0.3) is 5.91 Å². The number of furan rings is 2. The Kier molecular flexibility index (Phi) is 5.12. The zero-order valence-electron chi connectivity index (χ0n) is 16.9. The lowest BCUT2D eigenvalue weighted by molar-refractivity contribution is 0.0686. The van der Waals surface area contributed by atoms with Gasteiger partial charge in [-0.1, -0.05) is 30.3 Å². The SMILES string of the molecule is Cc1c(C(=O)N(Cc2ccc(N(C)C)cc2)Cc2ccco2)oc2ccccc12. The molecule has 2 aromatic carbocycles. The Bertz CT molecular complexity index is 1110. The second-order valence-electron chi connectivity index (χ2n) is 7.35. The van der Waals surface area contributed by atoms with Crippen LogP contribution in [-0.2, 0) is 13.1 Å². The molecule has 4 rings (SSSR count). The van der Waals surface area contributed by atoms with E-state index in [9.17, 15) is 4.79 Å². The van der Waals surface area contributed by atoms with Gasteiger partial charge in [0.05, 0.1) is 12.8 Å². The molecular weight excluding hydrogens is 364 g/mol. The predicted octanol–water partition coefficient (Wildman–Crippen LogP) is 5.24. The highest BCUT2D eigenvalue weighted by Crippen LogP contribution is 2.27. The van der Waals surface area contributed by atoms with E-state index < -0.39 is 0 Å². The average molecular weight is 388 g/mol. The summed E-state index contributed by atoms with van der Waals surface area (Å²) < 4.78 is 11.4. The van der Waals surface area contributed by atoms with Gasteiger partial charge in [-0.2, -0.15) is 0 Å². The van der Waals surface area contributed by atoms with Gasteiger partial charge in [0.15, 0.2) is 5.76 Å². The Hall–Kier alpha value is -3.47. The molecule has 0 atom stereocenters. The van der Waals surface area contributed by atoms with Crippen molar-refractivity contribution in [3.8, 4) is 0 Å². The number of fused-ring (bicyclic) bond motifs is 1. The minimum atomic E-state index is -0.146. The average Bonchev–Trinajstić information content (AvgIpc) is 3.35. The largest absolute Gasteiger partial charge is 0.467 e. The fourth-order valence-corrected chi connectivity index (χ4v) is 3.43. The Morgan fingerprint density at radius 3 is 2.34 bits per heavy atom. The number of nitrogens with zero attached hydrogens (tertiary/aromatic N) is 2. The van der Waals surface area contributed by atoms with Crippen LogP contribution in [0.15, 0.2) is 75.8 Å². The first-order valence-corrected chi connectivity index (χ1v) is 9.59. The van der Waals surface area contributed by atoms with Crippen molar-refractivity contribution in [2.75, 3.05) is 19.0 Å². The van der Waals surface area contributed by atoms with E-state index >= 15 is 0 Å². The van der Waals surface area contributed by atoms with Crippen LogP contribution >= 0.6 is 0 Å². The van der Waals surface area contributed by atoms with Gasteiger partial charge in [-0.25, -0.2) is 0 Å². The summed E-state index contributed by atoms with van der Waals surface area (Å²) in [4.78, 5) is 17.2. The molecule has 5 nitrogen and oxygen atoms in total. The molecule has 0 aliphatic rings. The van der Waals surface area contributed by atoms with Gasteiger partial charge in [-0.15, -0.1) is 0 Å². The second-order valence-corrected chi connectivity index (χ2v) is 7.35. The first-order valence-electron chi connectivity index (χ1n) is 9.59. The van der Waals surface area contributed by atoms with E-state index in [0.717, 1.165) is 33.5 Å². The lowest BCUT2D eigenvalue weighted by Crippen LogP contribution is -2.30. The van der Waals surface area contributed by atoms with Gasteiger partial charge in [-0.3, -0.25) is 4.79 Å². The Balaban J connectivity index is 1.65. The topological polar surface area (TPSA) is 49.8 Å². The number of anilines is 1. The van der Waals surface area contributed by atoms with Crippen LogP contribution in [0.25, 0.3) is 11.0 Å². The molecule has 0 unspecified atom stereocenters. The second kappa shape index (κ2) is 7.87. The molecule has 0 aliphatic carbocycles. The zero-order chi connectivity index (χ0) is 20.4. The maximum Gasteiger partial charge on any atom is 0.290 e. The van der Waals surface area contributed by atoms with Crippen molar-refractivity contribution < 1.29 is 13.6 Å². The summed E-state index contributed by atoms with van der Waals surface area (Å²) in [5.74, 6) is 0.964. The number of amides is 1. The number of aryl methyl sites for hydroxylation is 1. The van der Waals surface area contributed by atoms with Crippen LogP contribution in [0.5, 0.6) is 0 Å². The lowest BCUT2D eigenvalue weighted by atomic mass is 10.1. The summed E-state index contributed by atoms with van der Waals surface area (Å²) in [5.41, 5.74) is 3.75. The third-order valence-corrected chi connectivity index (χ3v) is 5.08. The van der Waals surface area contributed by atoms with E-state index in [1.54, 1.807) is 11.2 Å². The minimum absolute atomic E-state index is 0.146. The lowest BCUT2D eigenvalue weighted by Gasteiger charge is -2.22. The molecule has 0 fully saturated rings. The van der Waals surface area contributed by atoms with Crippen molar-refractivity contribution >= 4 is 22.6 Å². The number of benzene rings is 2. The number of hydrogen-bond donors (Lipinski definition) is 0. The zero-order valence-corrected chi connectivity index (χ0v) is 16.9. The molecule has 0 aliphatic heterocycles. The van der Waals surface area contributed by atoms with Gasteiger partial charge in [0.2, 0.25) is 0 Å². The van der Waals surface area contributed by atoms with Crippen LogP contribution < -0.4 is 4.90 Å². The van der Waals surface area contributed by atoms with E-state index in [-0.39, 0.29) is 5.91 Å². The van der Waals surface area contributed by atoms with Crippen molar-refractivity contribution in [2.45, 2.75) is 20.0 Å². The molecule has 0 radical (unpaired) electrons. The number of rotatable bonds is 6. The fourth-order valence-electron chi connectivity index (χ4n) is 3.43. The highest BCUT2D eigenvalue weighted by Gasteiger charge is 2.24. The molecule has 2 heterocycles. The van der Waals surface area contributed by atoms with Crippen LogP contribution in [0.4, 0.5) is 5.69 Å². The van der Waals surface area contributed by atoms with E-state index in [1.807, 2.05) is 74.4 Å². The van der Waals surface area contributed by atoms with Crippen LogP contribution in [0.3, 0.4) is 0 Å². The van der Waals surface area contributed by atoms with Crippen molar-refractivity contribution in [3.63, 3.8) is 0 Å². The molecule has 0 spiro atoms. The van der Waals surface area contributed by atoms with E-state index in [0.29, 0.717) is 18.8 Å². The third kappa shape index (κ3) is 3.90. The first kappa shape index (κ1) is 18.9. The van der Waals surface area contributed by atoms with Gasteiger partial charge in [-0.05, 0) is 42.8 Å². The summed E-state index contributed by atoms with van der Waals surface area (Å²) >= 11 is 0. The summed E-state index contributed by atoms with van der Waals surface area (Å²) in [6.45, 7) is 2.76. The molecule has 0 bridgehead atoms. The summed E-state index contributed by atoms with van der Waals surface area (Å²) in [6.07, 6.45) is 1.62. The van der Waals surface area contributed by atoms with Gasteiger partial charge in [0.1, 0.15) is 11.3 Å². The summed E-state index contributed by atoms with van der Waals surface area (Å²) in [7, 11) is 4.01. The molecule has 5 heteroatoms. The molecule has 4 aromatic rings. The Labute approximate surface area is 170 Å². The summed E-state index contributed by atoms with van der Waals surface area (Å²) in [5, 5.41) is 0.962. The van der Waals surface area contributed by atoms with Crippen molar-refractivity contribution in [1.29, 1.82) is 0 Å². The van der Waals surface area contributed by atoms with Crippen LogP contribution in [0.1, 0.15) is 27.4 Å². The standard InChI is InChI=1S/C24H24N2O3/c1-17-21-8-4-5-9-22(21)29-23(17)24(27)26(16-20-7-6-14-28-20)15-18-10-12-19(13-11-18)25(2)3/h4-14H,15-16H2,1-3H3. The van der Waals surface area contributed by atoms with Crippen molar-refractivity contribution in [1.82, 2.24) is 4.90 Å². The molecule has 0 N–H and O–H groups in total. The summed E-state index contributed by atoms with van der Waals surface area (Å²) in [6, 6.07) is 19.6. The number of hydrogen-bond acceptors (Lipinski definition) is 4. The van der Waals surface area contributed by atoms with Crippen LogP contribution in [0.2, 0.25) is 0 Å². The molecular formula is C24H24N2O3. The smallest absolute Gasteiger partial charge is 0.290 e. The van der Waals surface area contributed by atoms with E-state index in [2.05, 4.69) is 12.1 Å². The Morgan fingerprint density at radius 2 is 1.69 bits per heavy atom. The molecule has 2 aromatic heterocycles. The minimum Gasteiger partial charge on any atom is -0.467 e. The van der Waals surface area contributed by atoms with E-state index in [4.69, 9.17) is 8.83 Å². The fraction of sp³-hybridized carbons (Fsp3) is 0.208. The quantitative estimate of drug-likeness (QED) is 0.453. The molecule has 0 saturated carbocycles. The van der Waals surface area contributed by atoms with Gasteiger partial charge >= 0.3 is 0 Å². The van der Waals surface area contributed by atoms with E-state index in [1.165, 1.54) is 0 Å². The number of carbonyl (C=O) groups is 1. The normalized spacial score (nSPS) is 11.0. The maximum absolute atomic E-state index is 13.4. The van der Waals surface area contributed by atoms with Crippen molar-refractivity contribution in [3.05, 3.63) is 89.6 Å². The van der Waals surface area contributed by atoms with Crippen LogP contribution in [-0.4, -0.2) is 24.9 Å². The van der Waals surface area contributed by atoms with Gasteiger partial charge in [0, 0.05) is 37.3 Å². The molecule has 148 valence electrons. The monoisotopic (exact) mass is 388 g/mol. The van der Waals surface area contributed by atoms with Crippen molar-refractivity contribution in [2.24, 2.45) is 0 Å². The third-order valence-electron chi connectivity index (χ3n) is 5.08. The predicted molar refractivity (Wildman–Crippen MR) is 114 cm³/mol. The molecule has 29 heavy (non-hydrogen) atoms. The van der Waals surface area contributed by atoms with Gasteiger partial charge < -0.3 is 18.6 Å². The Morgan fingerprint density at radius 1 is 0.931 bits per heavy atom. The number of carbonyl (C=O) groups excluding carboxylic acids is 1. The molecule has 1 amide bonds. The first-order chi connectivity index (χ1) is 14.0. The highest BCUT2D eigenvalue weighted by atomic mass is 16.3. The highest BCUT2D eigenvalue weighted by molar-refractivity contribution is 5.98. The van der Waals surface area contributed by atoms with Crippen LogP contribution in [0, 0.1) is 6.92 Å². The maximum atomic E-state index is 13.4. The molecule has 0 saturated heterocycles.